The molecule has 0 saturated carbocycles. The van der Waals surface area contributed by atoms with Gasteiger partial charge in [-0.25, -0.2) is 4.79 Å². The summed E-state index contributed by atoms with van der Waals surface area (Å²) in [5.41, 5.74) is -0.769. The van der Waals surface area contributed by atoms with Gasteiger partial charge in [0.15, 0.2) is 0 Å². The van der Waals surface area contributed by atoms with Crippen LogP contribution in [0.4, 0.5) is 5.69 Å². The summed E-state index contributed by atoms with van der Waals surface area (Å²) in [6.45, 7) is 2.35. The minimum Gasteiger partial charge on any atom is -0.477 e. The molecule has 0 spiro atoms. The van der Waals surface area contributed by atoms with E-state index in [4.69, 9.17) is 4.74 Å². The Labute approximate surface area is 173 Å². The number of hydrogen-bond donors (Lipinski definition) is 2. The van der Waals surface area contributed by atoms with E-state index in [1.165, 1.54) is 37.3 Å². The second-order valence-corrected chi connectivity index (χ2v) is 7.67. The van der Waals surface area contributed by atoms with E-state index < -0.39 is 51.5 Å². The summed E-state index contributed by atoms with van der Waals surface area (Å²) in [6, 6.07) is -1.07. The Morgan fingerprint density at radius 2 is 2.10 bits per heavy atom. The standard InChI is InChI=1S/C16H17N5O8S/c1-6-11(21(27)28)9(18-19(6)3)13(23)17-10-14(24)20-12(16(25)26)8(4-29-7(2)22)5-30-15(10)20/h10,15H,4-5H2,1-3H3,(H,17,23)(H,25,26)/t10-,15+/m0/s1. The zero-order chi connectivity index (χ0) is 22.3. The number of carbonyl (C=O) groups excluding carboxylic acids is 3. The number of ether oxygens (including phenoxy) is 1. The van der Waals surface area contributed by atoms with Crippen LogP contribution in [-0.2, 0) is 26.2 Å². The Balaban J connectivity index is 1.81. The average molecular weight is 439 g/mol. The summed E-state index contributed by atoms with van der Waals surface area (Å²) in [6.07, 6.45) is 0. The summed E-state index contributed by atoms with van der Waals surface area (Å²) in [5.74, 6) is -3.38. The molecular formula is C16H17N5O8S. The molecule has 0 bridgehead atoms. The molecular weight excluding hydrogens is 422 g/mol. The van der Waals surface area contributed by atoms with Crippen molar-refractivity contribution in [2.45, 2.75) is 25.3 Å². The average Bonchev–Trinajstić information content (AvgIpc) is 2.98. The van der Waals surface area contributed by atoms with Gasteiger partial charge in [0.2, 0.25) is 5.69 Å². The number of carbonyl (C=O) groups is 4. The number of esters is 1. The minimum absolute atomic E-state index is 0.165. The molecule has 3 heterocycles. The number of rotatable bonds is 6. The van der Waals surface area contributed by atoms with E-state index in [-0.39, 0.29) is 29.3 Å². The van der Waals surface area contributed by atoms with Crippen LogP contribution in [0.1, 0.15) is 23.1 Å². The van der Waals surface area contributed by atoms with Crippen LogP contribution >= 0.6 is 11.8 Å². The van der Waals surface area contributed by atoms with Gasteiger partial charge in [0.05, 0.1) is 4.92 Å². The molecule has 2 aliphatic heterocycles. The van der Waals surface area contributed by atoms with E-state index in [1.54, 1.807) is 0 Å². The molecule has 1 aromatic heterocycles. The first kappa shape index (κ1) is 21.3. The number of nitro groups is 1. The third-order valence-electron chi connectivity index (χ3n) is 4.69. The fraction of sp³-hybridized carbons (Fsp3) is 0.438. The van der Waals surface area contributed by atoms with Crippen molar-refractivity contribution in [1.29, 1.82) is 0 Å². The van der Waals surface area contributed by atoms with E-state index in [0.717, 1.165) is 4.90 Å². The zero-order valence-corrected chi connectivity index (χ0v) is 16.9. The third-order valence-corrected chi connectivity index (χ3v) is 6.03. The number of hydrogen-bond acceptors (Lipinski definition) is 9. The van der Waals surface area contributed by atoms with Gasteiger partial charge in [-0.15, -0.1) is 11.8 Å². The van der Waals surface area contributed by atoms with Gasteiger partial charge in [-0.3, -0.25) is 34.1 Å². The maximum absolute atomic E-state index is 12.6. The van der Waals surface area contributed by atoms with Gasteiger partial charge in [-0.05, 0) is 6.92 Å². The molecule has 1 fully saturated rings. The molecule has 1 aromatic rings. The van der Waals surface area contributed by atoms with Crippen LogP contribution in [0.2, 0.25) is 0 Å². The van der Waals surface area contributed by atoms with Gasteiger partial charge in [-0.2, -0.15) is 5.10 Å². The molecule has 2 N–H and O–H groups in total. The molecule has 2 aliphatic rings. The second-order valence-electron chi connectivity index (χ2n) is 6.56. The Hall–Kier alpha value is -3.42. The lowest BCUT2D eigenvalue weighted by Crippen LogP contribution is -2.70. The molecule has 0 unspecified atom stereocenters. The molecule has 160 valence electrons. The summed E-state index contributed by atoms with van der Waals surface area (Å²) >= 11 is 1.18. The number of aliphatic carboxylic acids is 1. The van der Waals surface area contributed by atoms with E-state index in [0.29, 0.717) is 0 Å². The quantitative estimate of drug-likeness (QED) is 0.256. The highest BCUT2D eigenvalue weighted by Gasteiger charge is 2.54. The van der Waals surface area contributed by atoms with Crippen molar-refractivity contribution >= 4 is 41.2 Å². The number of carboxylic acids is 1. The van der Waals surface area contributed by atoms with Crippen molar-refractivity contribution in [1.82, 2.24) is 20.0 Å². The lowest BCUT2D eigenvalue weighted by atomic mass is 10.0. The number of nitrogens with one attached hydrogen (secondary N) is 1. The number of aryl methyl sites for hydroxylation is 1. The van der Waals surface area contributed by atoms with Gasteiger partial charge in [0.25, 0.3) is 11.8 Å². The fourth-order valence-electron chi connectivity index (χ4n) is 3.16. The Morgan fingerprint density at radius 3 is 2.67 bits per heavy atom. The van der Waals surface area contributed by atoms with E-state index >= 15 is 0 Å². The number of nitrogens with zero attached hydrogens (tertiary/aromatic N) is 4. The molecule has 14 heteroatoms. The van der Waals surface area contributed by atoms with Crippen molar-refractivity contribution in [3.63, 3.8) is 0 Å². The topological polar surface area (TPSA) is 174 Å². The second kappa shape index (κ2) is 7.78. The first-order valence-corrected chi connectivity index (χ1v) is 9.61. The van der Waals surface area contributed by atoms with Gasteiger partial charge in [0, 0.05) is 25.3 Å². The first-order chi connectivity index (χ1) is 14.0. The van der Waals surface area contributed by atoms with Crippen molar-refractivity contribution in [2.24, 2.45) is 7.05 Å². The van der Waals surface area contributed by atoms with Crippen LogP contribution in [0.15, 0.2) is 11.3 Å². The summed E-state index contributed by atoms with van der Waals surface area (Å²) in [4.78, 5) is 59.4. The molecule has 0 aromatic carbocycles. The van der Waals surface area contributed by atoms with Gasteiger partial charge in [0.1, 0.15) is 29.4 Å². The van der Waals surface area contributed by atoms with Crippen molar-refractivity contribution < 1.29 is 33.9 Å². The lowest BCUT2D eigenvalue weighted by Gasteiger charge is -2.49. The van der Waals surface area contributed by atoms with E-state index in [1.807, 2.05) is 0 Å². The van der Waals surface area contributed by atoms with Crippen LogP contribution in [0, 0.1) is 17.0 Å². The molecule has 2 atom stereocenters. The molecule has 3 rings (SSSR count). The number of fused-ring (bicyclic) bond motifs is 1. The summed E-state index contributed by atoms with van der Waals surface area (Å²) < 4.78 is 6.03. The number of amides is 2. The monoisotopic (exact) mass is 439 g/mol. The van der Waals surface area contributed by atoms with Crippen LogP contribution in [0.25, 0.3) is 0 Å². The smallest absolute Gasteiger partial charge is 0.352 e. The molecule has 1 saturated heterocycles. The summed E-state index contributed by atoms with van der Waals surface area (Å²) in [5, 5.41) is 26.3. The highest BCUT2D eigenvalue weighted by Crippen LogP contribution is 2.40. The van der Waals surface area contributed by atoms with Crippen LogP contribution in [-0.4, -0.2) is 72.2 Å². The number of carboxylic acid groups (broad SMARTS) is 1. The Kier molecular flexibility index (Phi) is 5.52. The van der Waals surface area contributed by atoms with Crippen molar-refractivity contribution in [3.05, 3.63) is 32.8 Å². The number of thioether (sulfide) groups is 1. The van der Waals surface area contributed by atoms with Gasteiger partial charge < -0.3 is 15.2 Å². The van der Waals surface area contributed by atoms with Crippen molar-refractivity contribution in [3.8, 4) is 0 Å². The first-order valence-electron chi connectivity index (χ1n) is 8.56. The number of β-lactam (4-membered cyclic amide) rings is 1. The van der Waals surface area contributed by atoms with E-state index in [2.05, 4.69) is 10.4 Å². The third kappa shape index (κ3) is 3.49. The number of aromatic nitrogens is 2. The van der Waals surface area contributed by atoms with Crippen molar-refractivity contribution in [2.75, 3.05) is 12.4 Å². The summed E-state index contributed by atoms with van der Waals surface area (Å²) in [7, 11) is 1.45. The van der Waals surface area contributed by atoms with Crippen LogP contribution in [0.5, 0.6) is 0 Å². The van der Waals surface area contributed by atoms with Gasteiger partial charge >= 0.3 is 17.6 Å². The largest absolute Gasteiger partial charge is 0.477 e. The van der Waals surface area contributed by atoms with Crippen LogP contribution < -0.4 is 5.32 Å². The predicted molar refractivity (Wildman–Crippen MR) is 100 cm³/mol. The normalized spacial score (nSPS) is 20.4. The Bertz CT molecular complexity index is 1020. The maximum Gasteiger partial charge on any atom is 0.352 e. The highest BCUT2D eigenvalue weighted by molar-refractivity contribution is 8.00. The molecule has 13 nitrogen and oxygen atoms in total. The zero-order valence-electron chi connectivity index (χ0n) is 16.1. The van der Waals surface area contributed by atoms with E-state index in [9.17, 15) is 34.4 Å². The fourth-order valence-corrected chi connectivity index (χ4v) is 4.49. The molecule has 0 radical (unpaired) electrons. The maximum atomic E-state index is 12.6. The van der Waals surface area contributed by atoms with Gasteiger partial charge in [-0.1, -0.05) is 0 Å². The molecule has 0 aliphatic carbocycles. The predicted octanol–water partition coefficient (Wildman–Crippen LogP) is -0.448. The minimum atomic E-state index is -1.36. The Morgan fingerprint density at radius 1 is 1.43 bits per heavy atom. The lowest BCUT2D eigenvalue weighted by molar-refractivity contribution is -0.385. The SMILES string of the molecule is CC(=O)OCC1=C(C(=O)O)N2C(=O)[C@H](NC(=O)c3nn(C)c(C)c3[N+](=O)[O-])[C@H]2SC1. The molecule has 2 amide bonds. The molecule has 30 heavy (non-hydrogen) atoms. The van der Waals surface area contributed by atoms with Crippen LogP contribution in [0.3, 0.4) is 0 Å². The highest BCUT2D eigenvalue weighted by atomic mass is 32.2.